The van der Waals surface area contributed by atoms with Crippen LogP contribution in [0.3, 0.4) is 0 Å². The van der Waals surface area contributed by atoms with Gasteiger partial charge in [0.2, 0.25) is 0 Å². The van der Waals surface area contributed by atoms with Gasteiger partial charge in [-0.25, -0.2) is 4.79 Å². The molecule has 0 spiro atoms. The van der Waals surface area contributed by atoms with Crippen molar-refractivity contribution in [2.45, 2.75) is 26.7 Å². The minimum absolute atomic E-state index is 0.353. The number of hydrogen-bond donors (Lipinski definition) is 2. The molecule has 2 N–H and O–H groups in total. The van der Waals surface area contributed by atoms with E-state index in [9.17, 15) is 9.59 Å². The lowest BCUT2D eigenvalue weighted by Crippen LogP contribution is -2.24. The van der Waals surface area contributed by atoms with E-state index in [2.05, 4.69) is 23.8 Å². The van der Waals surface area contributed by atoms with Crippen LogP contribution in [0.4, 0.5) is 0 Å². The van der Waals surface area contributed by atoms with E-state index in [0.717, 1.165) is 5.56 Å². The molecule has 4 nitrogen and oxygen atoms in total. The molecular weight excluding hydrogens is 228 g/mol. The first-order chi connectivity index (χ1) is 8.49. The van der Waals surface area contributed by atoms with E-state index in [1.165, 1.54) is 5.56 Å². The average Bonchev–Trinajstić information content (AvgIpc) is 2.28. The van der Waals surface area contributed by atoms with Crippen molar-refractivity contribution in [3.8, 4) is 11.1 Å². The van der Waals surface area contributed by atoms with Crippen LogP contribution in [0, 0.1) is 6.92 Å². The fourth-order valence-electron chi connectivity index (χ4n) is 1.98. The van der Waals surface area contributed by atoms with Gasteiger partial charge in [-0.2, -0.15) is 0 Å². The molecule has 94 valence electrons. The van der Waals surface area contributed by atoms with Crippen LogP contribution >= 0.6 is 0 Å². The number of aryl methyl sites for hydroxylation is 1. The minimum atomic E-state index is -0.472. The summed E-state index contributed by atoms with van der Waals surface area (Å²) in [4.78, 5) is 27.8. The second-order valence-corrected chi connectivity index (χ2v) is 4.68. The SMILES string of the molecule is Cc1[nH]c(=O)[nH]c(=O)c1-c1ccc(C(C)C)cc1. The highest BCUT2D eigenvalue weighted by Crippen LogP contribution is 2.21. The zero-order valence-corrected chi connectivity index (χ0v) is 10.7. The maximum absolute atomic E-state index is 11.8. The molecule has 0 fully saturated rings. The number of nitrogens with one attached hydrogen (secondary N) is 2. The molecule has 0 unspecified atom stereocenters. The maximum atomic E-state index is 11.8. The summed E-state index contributed by atoms with van der Waals surface area (Å²) >= 11 is 0. The Hall–Kier alpha value is -2.10. The van der Waals surface area contributed by atoms with Crippen molar-refractivity contribution in [3.63, 3.8) is 0 Å². The van der Waals surface area contributed by atoms with Gasteiger partial charge in [-0.15, -0.1) is 0 Å². The van der Waals surface area contributed by atoms with Crippen molar-refractivity contribution in [2.75, 3.05) is 0 Å². The molecule has 0 amide bonds. The summed E-state index contributed by atoms with van der Waals surface area (Å²) in [6, 6.07) is 7.82. The Bertz CT molecular complexity index is 663. The highest BCUT2D eigenvalue weighted by atomic mass is 16.2. The summed E-state index contributed by atoms with van der Waals surface area (Å²) in [5.74, 6) is 0.453. The monoisotopic (exact) mass is 244 g/mol. The lowest BCUT2D eigenvalue weighted by atomic mass is 9.99. The molecule has 1 aromatic carbocycles. The van der Waals surface area contributed by atoms with Crippen molar-refractivity contribution in [1.82, 2.24) is 9.97 Å². The lowest BCUT2D eigenvalue weighted by molar-refractivity contribution is 0.867. The summed E-state index contributed by atoms with van der Waals surface area (Å²) in [5, 5.41) is 0. The van der Waals surface area contributed by atoms with Crippen LogP contribution in [0.25, 0.3) is 11.1 Å². The van der Waals surface area contributed by atoms with Gasteiger partial charge in [-0.3, -0.25) is 9.78 Å². The van der Waals surface area contributed by atoms with E-state index in [1.807, 2.05) is 24.3 Å². The highest BCUT2D eigenvalue weighted by Gasteiger charge is 2.08. The van der Waals surface area contributed by atoms with E-state index in [0.29, 0.717) is 17.2 Å². The topological polar surface area (TPSA) is 65.7 Å². The third-order valence-corrected chi connectivity index (χ3v) is 3.00. The van der Waals surface area contributed by atoms with E-state index >= 15 is 0 Å². The number of aromatic nitrogens is 2. The fraction of sp³-hybridized carbons (Fsp3) is 0.286. The molecule has 4 heteroatoms. The Morgan fingerprint density at radius 1 is 1.00 bits per heavy atom. The Kier molecular flexibility index (Phi) is 3.19. The van der Waals surface area contributed by atoms with Gasteiger partial charge in [0.05, 0.1) is 5.56 Å². The van der Waals surface area contributed by atoms with Crippen LogP contribution in [-0.2, 0) is 0 Å². The second-order valence-electron chi connectivity index (χ2n) is 4.68. The van der Waals surface area contributed by atoms with Crippen molar-refractivity contribution in [1.29, 1.82) is 0 Å². The van der Waals surface area contributed by atoms with Gasteiger partial charge in [0.15, 0.2) is 0 Å². The quantitative estimate of drug-likeness (QED) is 0.850. The summed E-state index contributed by atoms with van der Waals surface area (Å²) in [6.45, 7) is 5.96. The molecule has 0 bridgehead atoms. The van der Waals surface area contributed by atoms with E-state index < -0.39 is 5.69 Å². The van der Waals surface area contributed by atoms with Crippen molar-refractivity contribution in [2.24, 2.45) is 0 Å². The summed E-state index contributed by atoms with van der Waals surface area (Å²) in [7, 11) is 0. The van der Waals surface area contributed by atoms with Crippen LogP contribution < -0.4 is 11.2 Å². The average molecular weight is 244 g/mol. The molecule has 0 saturated carbocycles. The van der Waals surface area contributed by atoms with Gasteiger partial charge >= 0.3 is 5.69 Å². The fourth-order valence-corrected chi connectivity index (χ4v) is 1.98. The first kappa shape index (κ1) is 12.4. The number of rotatable bonds is 2. The molecule has 1 heterocycles. The zero-order valence-electron chi connectivity index (χ0n) is 10.7. The summed E-state index contributed by atoms with van der Waals surface area (Å²) in [6.07, 6.45) is 0. The Morgan fingerprint density at radius 2 is 1.61 bits per heavy atom. The van der Waals surface area contributed by atoms with Gasteiger partial charge in [-0.05, 0) is 24.0 Å². The third-order valence-electron chi connectivity index (χ3n) is 3.00. The van der Waals surface area contributed by atoms with Crippen molar-refractivity contribution >= 4 is 0 Å². The smallest absolute Gasteiger partial charge is 0.311 e. The van der Waals surface area contributed by atoms with E-state index in [4.69, 9.17) is 0 Å². The van der Waals surface area contributed by atoms with Crippen LogP contribution in [0.1, 0.15) is 31.0 Å². The van der Waals surface area contributed by atoms with Gasteiger partial charge in [0.1, 0.15) is 0 Å². The van der Waals surface area contributed by atoms with Crippen LogP contribution in [0.2, 0.25) is 0 Å². The van der Waals surface area contributed by atoms with E-state index in [-0.39, 0.29) is 5.56 Å². The zero-order chi connectivity index (χ0) is 13.3. The number of benzene rings is 1. The Balaban J connectivity index is 2.56. The molecule has 0 saturated heterocycles. The Morgan fingerprint density at radius 3 is 2.11 bits per heavy atom. The summed E-state index contributed by atoms with van der Waals surface area (Å²) < 4.78 is 0. The molecular formula is C14H16N2O2. The van der Waals surface area contributed by atoms with Gasteiger partial charge < -0.3 is 4.98 Å². The first-order valence-electron chi connectivity index (χ1n) is 5.92. The van der Waals surface area contributed by atoms with E-state index in [1.54, 1.807) is 6.92 Å². The maximum Gasteiger partial charge on any atom is 0.325 e. The third kappa shape index (κ3) is 2.27. The molecule has 0 aliphatic carbocycles. The molecule has 0 aliphatic rings. The predicted molar refractivity (Wildman–Crippen MR) is 71.9 cm³/mol. The molecule has 0 radical (unpaired) electrons. The molecule has 1 aromatic heterocycles. The van der Waals surface area contributed by atoms with Gasteiger partial charge in [-0.1, -0.05) is 38.1 Å². The van der Waals surface area contributed by atoms with Gasteiger partial charge in [0, 0.05) is 5.69 Å². The second kappa shape index (κ2) is 4.64. The standard InChI is InChI=1S/C14H16N2O2/c1-8(2)10-4-6-11(7-5-10)12-9(3)15-14(18)16-13(12)17/h4-8H,1-3H3,(H2,15,16,17,18). The first-order valence-corrected chi connectivity index (χ1v) is 5.92. The minimum Gasteiger partial charge on any atom is -0.311 e. The molecule has 2 aromatic rings. The van der Waals surface area contributed by atoms with Crippen LogP contribution in [0.15, 0.2) is 33.9 Å². The summed E-state index contributed by atoms with van der Waals surface area (Å²) in [5.41, 5.74) is 2.31. The van der Waals surface area contributed by atoms with Crippen LogP contribution in [-0.4, -0.2) is 9.97 Å². The Labute approximate surface area is 105 Å². The number of H-pyrrole nitrogens is 2. The molecule has 2 rings (SSSR count). The van der Waals surface area contributed by atoms with Gasteiger partial charge in [0.25, 0.3) is 5.56 Å². The highest BCUT2D eigenvalue weighted by molar-refractivity contribution is 5.64. The molecule has 0 atom stereocenters. The molecule has 0 aliphatic heterocycles. The van der Waals surface area contributed by atoms with Crippen molar-refractivity contribution < 1.29 is 0 Å². The molecule has 18 heavy (non-hydrogen) atoms. The largest absolute Gasteiger partial charge is 0.325 e. The van der Waals surface area contributed by atoms with Crippen LogP contribution in [0.5, 0.6) is 0 Å². The lowest BCUT2D eigenvalue weighted by Gasteiger charge is -2.08. The van der Waals surface area contributed by atoms with Crippen molar-refractivity contribution in [3.05, 3.63) is 56.4 Å². The normalized spacial score (nSPS) is 10.9. The number of hydrogen-bond acceptors (Lipinski definition) is 2. The number of aromatic amines is 2. The predicted octanol–water partition coefficient (Wildman–Crippen LogP) is 2.16.